The summed E-state index contributed by atoms with van der Waals surface area (Å²) < 4.78 is 0. The van der Waals surface area contributed by atoms with Crippen molar-refractivity contribution in [2.75, 3.05) is 52.4 Å². The summed E-state index contributed by atoms with van der Waals surface area (Å²) in [5, 5.41) is 3.39. The number of nitrogens with one attached hydrogen (secondary N) is 1. The summed E-state index contributed by atoms with van der Waals surface area (Å²) in [7, 11) is 0. The van der Waals surface area contributed by atoms with Crippen molar-refractivity contribution in [3.05, 3.63) is 71.8 Å². The van der Waals surface area contributed by atoms with Gasteiger partial charge in [0.05, 0.1) is 12.6 Å². The summed E-state index contributed by atoms with van der Waals surface area (Å²) in [5.74, 6) is 0.273. The smallest absolute Gasteiger partial charge is 0.236 e. The van der Waals surface area contributed by atoms with Crippen molar-refractivity contribution < 1.29 is 4.79 Å². The van der Waals surface area contributed by atoms with E-state index in [-0.39, 0.29) is 11.9 Å². The summed E-state index contributed by atoms with van der Waals surface area (Å²) in [6, 6.07) is 22.1. The highest BCUT2D eigenvalue weighted by Gasteiger charge is 2.29. The van der Waals surface area contributed by atoms with Crippen molar-refractivity contribution in [1.82, 2.24) is 20.0 Å². The van der Waals surface area contributed by atoms with Gasteiger partial charge in [0, 0.05) is 51.9 Å². The van der Waals surface area contributed by atoms with E-state index in [1.54, 1.807) is 0 Å². The van der Waals surface area contributed by atoms with E-state index in [1.165, 1.54) is 11.1 Å². The highest BCUT2D eigenvalue weighted by atomic mass is 16.2. The van der Waals surface area contributed by atoms with Crippen LogP contribution in [0.25, 0.3) is 0 Å². The van der Waals surface area contributed by atoms with Crippen LogP contribution >= 0.6 is 0 Å². The molecule has 0 spiro atoms. The Morgan fingerprint density at radius 1 is 0.931 bits per heavy atom. The summed E-state index contributed by atoms with van der Waals surface area (Å²) in [4.78, 5) is 19.8. The highest BCUT2D eigenvalue weighted by Crippen LogP contribution is 2.29. The van der Waals surface area contributed by atoms with Gasteiger partial charge in [0.15, 0.2) is 0 Å². The second-order valence-electron chi connectivity index (χ2n) is 8.16. The van der Waals surface area contributed by atoms with Crippen LogP contribution in [-0.4, -0.2) is 79.0 Å². The Morgan fingerprint density at radius 2 is 1.52 bits per heavy atom. The van der Waals surface area contributed by atoms with Gasteiger partial charge in [0.2, 0.25) is 5.91 Å². The van der Waals surface area contributed by atoms with E-state index in [2.05, 4.69) is 87.6 Å². The Bertz CT molecular complexity index is 734. The van der Waals surface area contributed by atoms with Crippen molar-refractivity contribution in [2.45, 2.75) is 19.0 Å². The van der Waals surface area contributed by atoms with Gasteiger partial charge in [-0.05, 0) is 18.1 Å². The predicted molar refractivity (Wildman–Crippen MR) is 117 cm³/mol. The molecular weight excluding hydrogens is 360 g/mol. The summed E-state index contributed by atoms with van der Waals surface area (Å²) in [6.07, 6.45) is 0. The molecule has 0 radical (unpaired) electrons. The third-order valence-corrected chi connectivity index (χ3v) is 6.24. The second-order valence-corrected chi connectivity index (χ2v) is 8.16. The number of hydrogen-bond donors (Lipinski definition) is 1. The standard InChI is InChI=1S/C24H32N4O/c1-20-18-25-12-13-28(20)19-23(29)26-14-16-27(17-15-26)24(21-8-4-2-5-9-21)22-10-6-3-7-11-22/h2-11,20,24-25H,12-19H2,1H3/t20-/m1/s1. The van der Waals surface area contributed by atoms with Crippen LogP contribution in [0.3, 0.4) is 0 Å². The van der Waals surface area contributed by atoms with E-state index in [1.807, 2.05) is 0 Å². The number of amides is 1. The molecule has 29 heavy (non-hydrogen) atoms. The zero-order valence-electron chi connectivity index (χ0n) is 17.3. The molecule has 2 aliphatic heterocycles. The van der Waals surface area contributed by atoms with Crippen molar-refractivity contribution in [1.29, 1.82) is 0 Å². The first kappa shape index (κ1) is 20.1. The zero-order valence-corrected chi connectivity index (χ0v) is 17.3. The minimum absolute atomic E-state index is 0.239. The molecule has 1 amide bonds. The largest absolute Gasteiger partial charge is 0.339 e. The maximum Gasteiger partial charge on any atom is 0.236 e. The Hall–Kier alpha value is -2.21. The van der Waals surface area contributed by atoms with Crippen LogP contribution < -0.4 is 5.32 Å². The molecule has 0 aliphatic carbocycles. The van der Waals surface area contributed by atoms with E-state index in [0.29, 0.717) is 12.6 Å². The molecule has 2 aliphatic rings. The third-order valence-electron chi connectivity index (χ3n) is 6.24. The normalized spacial score (nSPS) is 21.4. The van der Waals surface area contributed by atoms with Gasteiger partial charge in [0.1, 0.15) is 0 Å². The molecule has 0 bridgehead atoms. The molecule has 1 N–H and O–H groups in total. The van der Waals surface area contributed by atoms with Gasteiger partial charge in [0.25, 0.3) is 0 Å². The lowest BCUT2D eigenvalue weighted by Gasteiger charge is -2.41. The number of hydrogen-bond acceptors (Lipinski definition) is 4. The number of benzene rings is 2. The lowest BCUT2D eigenvalue weighted by molar-refractivity contribution is -0.135. The predicted octanol–water partition coefficient (Wildman–Crippen LogP) is 2.21. The molecule has 0 aromatic heterocycles. The molecule has 2 saturated heterocycles. The first-order valence-electron chi connectivity index (χ1n) is 10.8. The highest BCUT2D eigenvalue weighted by molar-refractivity contribution is 5.78. The minimum atomic E-state index is 0.239. The van der Waals surface area contributed by atoms with E-state index in [9.17, 15) is 4.79 Å². The summed E-state index contributed by atoms with van der Waals surface area (Å²) >= 11 is 0. The molecule has 4 rings (SSSR count). The Balaban J connectivity index is 1.41. The molecule has 2 aromatic carbocycles. The second kappa shape index (κ2) is 9.53. The number of nitrogens with zero attached hydrogens (tertiary/aromatic N) is 3. The molecule has 1 atom stereocenters. The number of rotatable bonds is 5. The number of carbonyl (C=O) groups is 1. The fourth-order valence-electron chi connectivity index (χ4n) is 4.51. The van der Waals surface area contributed by atoms with Crippen LogP contribution in [0, 0.1) is 0 Å². The van der Waals surface area contributed by atoms with Crippen LogP contribution in [0.5, 0.6) is 0 Å². The Kier molecular flexibility index (Phi) is 6.60. The Labute approximate surface area is 174 Å². The van der Waals surface area contributed by atoms with Gasteiger partial charge in [-0.3, -0.25) is 14.6 Å². The maximum atomic E-state index is 12.9. The van der Waals surface area contributed by atoms with Crippen LogP contribution in [0.2, 0.25) is 0 Å². The van der Waals surface area contributed by atoms with Gasteiger partial charge in [-0.15, -0.1) is 0 Å². The zero-order chi connectivity index (χ0) is 20.1. The monoisotopic (exact) mass is 392 g/mol. The molecule has 2 fully saturated rings. The van der Waals surface area contributed by atoms with Crippen molar-refractivity contribution in [3.63, 3.8) is 0 Å². The molecular formula is C24H32N4O. The molecule has 2 heterocycles. The van der Waals surface area contributed by atoms with Crippen LogP contribution in [0.1, 0.15) is 24.1 Å². The maximum absolute atomic E-state index is 12.9. The fourth-order valence-corrected chi connectivity index (χ4v) is 4.51. The van der Waals surface area contributed by atoms with E-state index in [4.69, 9.17) is 0 Å². The average molecular weight is 393 g/mol. The first-order valence-corrected chi connectivity index (χ1v) is 10.8. The van der Waals surface area contributed by atoms with Crippen molar-refractivity contribution >= 4 is 5.91 Å². The van der Waals surface area contributed by atoms with Gasteiger partial charge in [-0.2, -0.15) is 0 Å². The first-order chi connectivity index (χ1) is 14.2. The van der Waals surface area contributed by atoms with Crippen molar-refractivity contribution in [2.24, 2.45) is 0 Å². The topological polar surface area (TPSA) is 38.8 Å². The lowest BCUT2D eigenvalue weighted by Crippen LogP contribution is -2.56. The molecule has 5 heteroatoms. The van der Waals surface area contributed by atoms with E-state index >= 15 is 0 Å². The Morgan fingerprint density at radius 3 is 2.07 bits per heavy atom. The van der Waals surface area contributed by atoms with Crippen molar-refractivity contribution in [3.8, 4) is 0 Å². The fraction of sp³-hybridized carbons (Fsp3) is 0.458. The van der Waals surface area contributed by atoms with Crippen LogP contribution in [0.4, 0.5) is 0 Å². The van der Waals surface area contributed by atoms with Gasteiger partial charge in [-0.25, -0.2) is 0 Å². The molecule has 0 unspecified atom stereocenters. The lowest BCUT2D eigenvalue weighted by atomic mass is 9.96. The van der Waals surface area contributed by atoms with Gasteiger partial charge >= 0.3 is 0 Å². The quantitative estimate of drug-likeness (QED) is 0.847. The average Bonchev–Trinajstić information content (AvgIpc) is 2.77. The van der Waals surface area contributed by atoms with Crippen LogP contribution in [-0.2, 0) is 4.79 Å². The number of piperazine rings is 2. The molecule has 5 nitrogen and oxygen atoms in total. The SMILES string of the molecule is C[C@@H]1CNCCN1CC(=O)N1CCN(C(c2ccccc2)c2ccccc2)CC1. The number of carbonyl (C=O) groups excluding carboxylic acids is 1. The summed E-state index contributed by atoms with van der Waals surface area (Å²) in [6.45, 7) is 9.04. The molecule has 154 valence electrons. The third kappa shape index (κ3) is 4.86. The summed E-state index contributed by atoms with van der Waals surface area (Å²) in [5.41, 5.74) is 2.63. The van der Waals surface area contributed by atoms with Gasteiger partial charge < -0.3 is 10.2 Å². The molecule has 2 aromatic rings. The van der Waals surface area contributed by atoms with E-state index < -0.39 is 0 Å². The van der Waals surface area contributed by atoms with E-state index in [0.717, 1.165) is 45.8 Å². The van der Waals surface area contributed by atoms with Gasteiger partial charge in [-0.1, -0.05) is 60.7 Å². The minimum Gasteiger partial charge on any atom is -0.339 e. The molecule has 0 saturated carbocycles. The van der Waals surface area contributed by atoms with Crippen LogP contribution in [0.15, 0.2) is 60.7 Å².